The van der Waals surface area contributed by atoms with Crippen molar-refractivity contribution in [3.8, 4) is 11.1 Å². The van der Waals surface area contributed by atoms with Crippen molar-refractivity contribution in [1.29, 1.82) is 0 Å². The van der Waals surface area contributed by atoms with Crippen LogP contribution in [-0.2, 0) is 0 Å². The van der Waals surface area contributed by atoms with Crippen molar-refractivity contribution < 1.29 is 0 Å². The number of halogens is 2. The number of fused-ring (bicyclic) bond motifs is 2. The molecule has 4 aromatic rings. The average molecular weight is 429 g/mol. The van der Waals surface area contributed by atoms with Crippen LogP contribution in [0.4, 0.5) is 0 Å². The third-order valence-electron chi connectivity index (χ3n) is 5.57. The molecule has 3 heteroatoms. The highest BCUT2D eigenvalue weighted by molar-refractivity contribution is 6.97. The van der Waals surface area contributed by atoms with Crippen LogP contribution < -0.4 is 15.6 Å². The maximum Gasteiger partial charge on any atom is 0.135 e. The summed E-state index contributed by atoms with van der Waals surface area (Å²) >= 11 is 13.3. The van der Waals surface area contributed by atoms with Crippen LogP contribution in [0.25, 0.3) is 23.3 Å². The molecule has 140 valence electrons. The molecule has 29 heavy (non-hydrogen) atoms. The molecule has 0 saturated heterocycles. The maximum absolute atomic E-state index is 6.64. The molecule has 0 atom stereocenters. The van der Waals surface area contributed by atoms with Crippen molar-refractivity contribution in [2.45, 2.75) is 0 Å². The molecule has 0 nitrogen and oxygen atoms in total. The van der Waals surface area contributed by atoms with Crippen molar-refractivity contribution in [1.82, 2.24) is 0 Å². The molecule has 0 aromatic heterocycles. The van der Waals surface area contributed by atoms with E-state index in [1.165, 1.54) is 26.7 Å². The fraction of sp³-hybridized carbons (Fsp3) is 0. The van der Waals surface area contributed by atoms with E-state index in [9.17, 15) is 0 Å². The van der Waals surface area contributed by atoms with E-state index in [0.717, 1.165) is 21.2 Å². The van der Waals surface area contributed by atoms with Gasteiger partial charge in [0.25, 0.3) is 0 Å². The molecule has 0 spiro atoms. The van der Waals surface area contributed by atoms with Gasteiger partial charge in [-0.3, -0.25) is 0 Å². The zero-order valence-electron chi connectivity index (χ0n) is 15.6. The summed E-state index contributed by atoms with van der Waals surface area (Å²) in [4.78, 5) is 0. The lowest BCUT2D eigenvalue weighted by atomic mass is 10.1. The van der Waals surface area contributed by atoms with E-state index in [2.05, 4.69) is 91.0 Å². The van der Waals surface area contributed by atoms with E-state index in [-0.39, 0.29) is 0 Å². The van der Waals surface area contributed by atoms with E-state index in [1.54, 1.807) is 0 Å². The molecule has 0 bridgehead atoms. The Bertz CT molecular complexity index is 1170. The number of hydrogen-bond donors (Lipinski definition) is 0. The number of hydrogen-bond acceptors (Lipinski definition) is 0. The van der Waals surface area contributed by atoms with Gasteiger partial charge in [0, 0.05) is 10.0 Å². The summed E-state index contributed by atoms with van der Waals surface area (Å²) in [5.74, 6) is 0. The topological polar surface area (TPSA) is 0 Å². The zero-order valence-corrected chi connectivity index (χ0v) is 18.3. The van der Waals surface area contributed by atoms with Gasteiger partial charge in [-0.2, -0.15) is 0 Å². The minimum Gasteiger partial charge on any atom is -0.0837 e. The summed E-state index contributed by atoms with van der Waals surface area (Å²) < 4.78 is 0. The first kappa shape index (κ1) is 18.4. The van der Waals surface area contributed by atoms with Crippen LogP contribution in [0.2, 0.25) is 10.0 Å². The fourth-order valence-electron chi connectivity index (χ4n) is 4.26. The molecule has 1 aliphatic rings. The van der Waals surface area contributed by atoms with Gasteiger partial charge in [0.1, 0.15) is 8.80 Å². The van der Waals surface area contributed by atoms with Crippen molar-refractivity contribution in [3.05, 3.63) is 112 Å². The molecular weight excluding hydrogens is 411 g/mol. The van der Waals surface area contributed by atoms with Gasteiger partial charge >= 0.3 is 0 Å². The second-order valence-corrected chi connectivity index (χ2v) is 10.8. The Morgan fingerprint density at radius 3 is 1.62 bits per heavy atom. The minimum atomic E-state index is -1.82. The van der Waals surface area contributed by atoms with Gasteiger partial charge in [-0.15, -0.1) is 0 Å². The molecule has 5 rings (SSSR count). The van der Waals surface area contributed by atoms with Crippen LogP contribution in [0.15, 0.2) is 91.0 Å². The molecular formula is C26H18Cl2Si. The lowest BCUT2D eigenvalue weighted by Crippen LogP contribution is -2.54. The van der Waals surface area contributed by atoms with Crippen molar-refractivity contribution in [3.63, 3.8) is 0 Å². The Kier molecular flexibility index (Phi) is 4.89. The quantitative estimate of drug-likeness (QED) is 0.330. The SMILES string of the molecule is Clc1cccc2c1C=Cc1c(Cl)cccc1[SiH]2c1ccccc1-c1ccccc1. The molecule has 1 aliphatic heterocycles. The van der Waals surface area contributed by atoms with Gasteiger partial charge in [-0.05, 0) is 49.9 Å². The van der Waals surface area contributed by atoms with Gasteiger partial charge in [0.2, 0.25) is 0 Å². The average Bonchev–Trinajstić information content (AvgIpc) is 2.93. The monoisotopic (exact) mass is 428 g/mol. The van der Waals surface area contributed by atoms with E-state index < -0.39 is 8.80 Å². The van der Waals surface area contributed by atoms with Crippen LogP contribution in [0.1, 0.15) is 11.1 Å². The van der Waals surface area contributed by atoms with Crippen LogP contribution in [0.3, 0.4) is 0 Å². The van der Waals surface area contributed by atoms with Gasteiger partial charge in [-0.25, -0.2) is 0 Å². The molecule has 0 aliphatic carbocycles. The van der Waals surface area contributed by atoms with E-state index in [0.29, 0.717) is 0 Å². The summed E-state index contributed by atoms with van der Waals surface area (Å²) in [5, 5.41) is 5.63. The molecule has 0 fully saturated rings. The zero-order chi connectivity index (χ0) is 19.8. The van der Waals surface area contributed by atoms with Gasteiger partial charge < -0.3 is 0 Å². The van der Waals surface area contributed by atoms with Gasteiger partial charge in [-0.1, -0.05) is 114 Å². The van der Waals surface area contributed by atoms with Crippen molar-refractivity contribution in [2.24, 2.45) is 0 Å². The molecule has 0 N–H and O–H groups in total. The standard InChI is InChI=1S/C26H18Cl2Si/c27-22-11-6-14-25-20(22)16-17-21-23(28)12-7-15-26(21)29(25)24-13-5-4-10-19(24)18-8-2-1-3-9-18/h1-17,29H. The summed E-state index contributed by atoms with van der Waals surface area (Å²) in [6, 6.07) is 31.9. The van der Waals surface area contributed by atoms with Gasteiger partial charge in [0.05, 0.1) is 0 Å². The second kappa shape index (κ2) is 7.68. The van der Waals surface area contributed by atoms with E-state index in [4.69, 9.17) is 23.2 Å². The molecule has 4 aromatic carbocycles. The van der Waals surface area contributed by atoms with Crippen LogP contribution in [0.5, 0.6) is 0 Å². The molecule has 0 radical (unpaired) electrons. The molecule has 0 saturated carbocycles. The normalized spacial score (nSPS) is 12.9. The third-order valence-corrected chi connectivity index (χ3v) is 9.60. The summed E-state index contributed by atoms with van der Waals surface area (Å²) in [5.41, 5.74) is 4.74. The number of benzene rings is 4. The maximum atomic E-state index is 6.64. The predicted molar refractivity (Wildman–Crippen MR) is 130 cm³/mol. The van der Waals surface area contributed by atoms with E-state index in [1.807, 2.05) is 12.1 Å². The number of rotatable bonds is 2. The fourth-order valence-corrected chi connectivity index (χ4v) is 8.55. The summed E-state index contributed by atoms with van der Waals surface area (Å²) in [6.45, 7) is 0. The van der Waals surface area contributed by atoms with E-state index >= 15 is 0 Å². The Balaban J connectivity index is 1.84. The summed E-state index contributed by atoms with van der Waals surface area (Å²) in [7, 11) is -1.82. The molecule has 0 unspecified atom stereocenters. The first-order valence-electron chi connectivity index (χ1n) is 9.63. The third kappa shape index (κ3) is 3.26. The highest BCUT2D eigenvalue weighted by atomic mass is 35.5. The first-order chi connectivity index (χ1) is 14.2. The van der Waals surface area contributed by atoms with Crippen molar-refractivity contribution in [2.75, 3.05) is 0 Å². The lowest BCUT2D eigenvalue weighted by Gasteiger charge is -2.23. The van der Waals surface area contributed by atoms with Crippen LogP contribution in [-0.4, -0.2) is 8.80 Å². The highest BCUT2D eigenvalue weighted by Gasteiger charge is 2.28. The summed E-state index contributed by atoms with van der Waals surface area (Å²) in [6.07, 6.45) is 4.25. The van der Waals surface area contributed by atoms with Crippen molar-refractivity contribution >= 4 is 59.7 Å². The van der Waals surface area contributed by atoms with Crippen LogP contribution in [0, 0.1) is 0 Å². The predicted octanol–water partition coefficient (Wildman–Crippen LogP) is 5.39. The highest BCUT2D eigenvalue weighted by Crippen LogP contribution is 2.25. The first-order valence-corrected chi connectivity index (χ1v) is 12.1. The second-order valence-electron chi connectivity index (χ2n) is 7.21. The Labute approximate surface area is 182 Å². The Hall–Kier alpha value is -2.58. The largest absolute Gasteiger partial charge is 0.135 e. The smallest absolute Gasteiger partial charge is 0.0837 e. The Morgan fingerprint density at radius 1 is 0.483 bits per heavy atom. The Morgan fingerprint density at radius 2 is 1.00 bits per heavy atom. The molecule has 1 heterocycles. The minimum absolute atomic E-state index is 0.789. The lowest BCUT2D eigenvalue weighted by molar-refractivity contribution is 1.64. The van der Waals surface area contributed by atoms with Crippen LogP contribution >= 0.6 is 23.2 Å². The van der Waals surface area contributed by atoms with Gasteiger partial charge in [0.15, 0.2) is 0 Å². The molecule has 0 amide bonds.